The molecule has 2 rings (SSSR count). The summed E-state index contributed by atoms with van der Waals surface area (Å²) in [7, 11) is 0. The van der Waals surface area contributed by atoms with Gasteiger partial charge in [0.1, 0.15) is 5.69 Å². The average molecular weight is 272 g/mol. The van der Waals surface area contributed by atoms with Crippen molar-refractivity contribution < 1.29 is 9.72 Å². The molecule has 3 N–H and O–H groups in total. The Morgan fingerprint density at radius 3 is 2.75 bits per heavy atom. The number of pyridine rings is 1. The van der Waals surface area contributed by atoms with Gasteiger partial charge in [0.05, 0.1) is 16.8 Å². The third-order valence-corrected chi connectivity index (χ3v) is 2.77. The summed E-state index contributed by atoms with van der Waals surface area (Å²) in [5.74, 6) is -0.400. The number of nitrogens with zero attached hydrogens (tertiary/aromatic N) is 2. The fraction of sp³-hybridized carbons (Fsp3) is 0.0769. The van der Waals surface area contributed by atoms with E-state index in [1.54, 1.807) is 12.3 Å². The van der Waals surface area contributed by atoms with Gasteiger partial charge in [-0.3, -0.25) is 19.9 Å². The normalized spacial score (nSPS) is 10.1. The summed E-state index contributed by atoms with van der Waals surface area (Å²) in [4.78, 5) is 26.0. The van der Waals surface area contributed by atoms with Crippen molar-refractivity contribution in [2.24, 2.45) is 0 Å². The molecule has 0 spiro atoms. The fourth-order valence-corrected chi connectivity index (χ4v) is 1.65. The van der Waals surface area contributed by atoms with Gasteiger partial charge >= 0.3 is 0 Å². The molecule has 1 amide bonds. The van der Waals surface area contributed by atoms with Gasteiger partial charge in [-0.15, -0.1) is 0 Å². The summed E-state index contributed by atoms with van der Waals surface area (Å²) in [5.41, 5.74) is 6.96. The predicted molar refractivity (Wildman–Crippen MR) is 74.4 cm³/mol. The number of rotatable bonds is 3. The molecule has 20 heavy (non-hydrogen) atoms. The Bertz CT molecular complexity index is 685. The van der Waals surface area contributed by atoms with E-state index in [1.165, 1.54) is 24.4 Å². The molecule has 1 aromatic carbocycles. The topological polar surface area (TPSA) is 111 Å². The van der Waals surface area contributed by atoms with Crippen LogP contribution in [0.1, 0.15) is 15.9 Å². The van der Waals surface area contributed by atoms with Crippen molar-refractivity contribution in [3.63, 3.8) is 0 Å². The first-order chi connectivity index (χ1) is 9.49. The van der Waals surface area contributed by atoms with E-state index in [2.05, 4.69) is 10.3 Å². The summed E-state index contributed by atoms with van der Waals surface area (Å²) >= 11 is 0. The highest BCUT2D eigenvalue weighted by atomic mass is 16.6. The molecule has 2 aromatic rings. The Kier molecular flexibility index (Phi) is 3.60. The van der Waals surface area contributed by atoms with Crippen LogP contribution in [0.5, 0.6) is 0 Å². The van der Waals surface area contributed by atoms with Crippen molar-refractivity contribution in [2.45, 2.75) is 6.92 Å². The van der Waals surface area contributed by atoms with E-state index in [0.29, 0.717) is 5.69 Å². The highest BCUT2D eigenvalue weighted by molar-refractivity contribution is 6.05. The third-order valence-electron chi connectivity index (χ3n) is 2.77. The van der Waals surface area contributed by atoms with Crippen LogP contribution in [0.2, 0.25) is 0 Å². The largest absolute Gasteiger partial charge is 0.393 e. The first kappa shape index (κ1) is 13.5. The van der Waals surface area contributed by atoms with Crippen molar-refractivity contribution >= 4 is 23.0 Å². The van der Waals surface area contributed by atoms with Gasteiger partial charge < -0.3 is 11.1 Å². The van der Waals surface area contributed by atoms with Crippen molar-refractivity contribution in [3.8, 4) is 0 Å². The number of nitrogens with one attached hydrogen (secondary N) is 1. The number of nitro benzene ring substituents is 1. The molecule has 0 atom stereocenters. The summed E-state index contributed by atoms with van der Waals surface area (Å²) in [5, 5.41) is 13.3. The number of anilines is 2. The van der Waals surface area contributed by atoms with Gasteiger partial charge in [0.2, 0.25) is 0 Å². The number of amides is 1. The maximum atomic E-state index is 12.0. The van der Waals surface area contributed by atoms with Crippen molar-refractivity contribution in [1.29, 1.82) is 0 Å². The minimum atomic E-state index is -0.595. The van der Waals surface area contributed by atoms with E-state index < -0.39 is 10.8 Å². The minimum Gasteiger partial charge on any atom is -0.393 e. The number of hydrogen-bond donors (Lipinski definition) is 2. The SMILES string of the molecule is Cc1ccncc1NC(=O)c1ccc([N+](=O)[O-])c(N)c1. The van der Waals surface area contributed by atoms with Gasteiger partial charge in [0.15, 0.2) is 0 Å². The van der Waals surface area contributed by atoms with E-state index in [-0.39, 0.29) is 16.9 Å². The van der Waals surface area contributed by atoms with E-state index in [1.807, 2.05) is 6.92 Å². The standard InChI is InChI=1S/C13H12N4O3/c1-8-4-5-15-7-11(8)16-13(18)9-2-3-12(17(19)20)10(14)6-9/h2-7H,14H2,1H3,(H,16,18). The Hall–Kier alpha value is -2.96. The number of benzene rings is 1. The van der Waals surface area contributed by atoms with Gasteiger partial charge in [-0.05, 0) is 30.7 Å². The van der Waals surface area contributed by atoms with Gasteiger partial charge in [-0.2, -0.15) is 0 Å². The van der Waals surface area contributed by atoms with Crippen LogP contribution in [0.15, 0.2) is 36.7 Å². The highest BCUT2D eigenvalue weighted by Gasteiger charge is 2.15. The van der Waals surface area contributed by atoms with Gasteiger partial charge in [0.25, 0.3) is 11.6 Å². The molecule has 0 fully saturated rings. The molecule has 1 aromatic heterocycles. The van der Waals surface area contributed by atoms with Crippen molar-refractivity contribution in [2.75, 3.05) is 11.1 Å². The third kappa shape index (κ3) is 2.72. The summed E-state index contributed by atoms with van der Waals surface area (Å²) in [6, 6.07) is 5.61. The number of nitrogen functional groups attached to an aromatic ring is 1. The summed E-state index contributed by atoms with van der Waals surface area (Å²) in [6.45, 7) is 1.83. The van der Waals surface area contributed by atoms with E-state index in [0.717, 1.165) is 5.56 Å². The Labute approximate surface area is 114 Å². The number of carbonyl (C=O) groups excluding carboxylic acids is 1. The Balaban J connectivity index is 2.24. The number of nitrogens with two attached hydrogens (primary N) is 1. The summed E-state index contributed by atoms with van der Waals surface area (Å²) < 4.78 is 0. The number of hydrogen-bond acceptors (Lipinski definition) is 5. The lowest BCUT2D eigenvalue weighted by atomic mass is 10.1. The zero-order valence-corrected chi connectivity index (χ0v) is 10.7. The smallest absolute Gasteiger partial charge is 0.292 e. The lowest BCUT2D eigenvalue weighted by molar-refractivity contribution is -0.383. The van der Waals surface area contributed by atoms with Crippen LogP contribution in [-0.4, -0.2) is 15.8 Å². The van der Waals surface area contributed by atoms with Gasteiger partial charge in [-0.25, -0.2) is 0 Å². The molecule has 102 valence electrons. The second-order valence-electron chi connectivity index (χ2n) is 4.18. The molecule has 0 saturated heterocycles. The van der Waals surface area contributed by atoms with E-state index in [9.17, 15) is 14.9 Å². The Morgan fingerprint density at radius 1 is 1.40 bits per heavy atom. The maximum Gasteiger partial charge on any atom is 0.292 e. The predicted octanol–water partition coefficient (Wildman–Crippen LogP) is 2.13. The molecule has 0 bridgehead atoms. The van der Waals surface area contributed by atoms with Crippen LogP contribution in [-0.2, 0) is 0 Å². The second-order valence-corrected chi connectivity index (χ2v) is 4.18. The molecule has 0 aliphatic rings. The zero-order chi connectivity index (χ0) is 14.7. The molecule has 1 heterocycles. The molecule has 0 aliphatic heterocycles. The molecular formula is C13H12N4O3. The quantitative estimate of drug-likeness (QED) is 0.505. The Morgan fingerprint density at radius 2 is 2.15 bits per heavy atom. The van der Waals surface area contributed by atoms with Crippen LogP contribution in [0.3, 0.4) is 0 Å². The molecule has 0 saturated carbocycles. The van der Waals surface area contributed by atoms with Crippen molar-refractivity contribution in [1.82, 2.24) is 4.98 Å². The first-order valence-electron chi connectivity index (χ1n) is 5.75. The van der Waals surface area contributed by atoms with Gasteiger partial charge in [-0.1, -0.05) is 0 Å². The number of nitro groups is 1. The number of carbonyl (C=O) groups is 1. The van der Waals surface area contributed by atoms with E-state index in [4.69, 9.17) is 5.73 Å². The summed E-state index contributed by atoms with van der Waals surface area (Å²) in [6.07, 6.45) is 3.15. The monoisotopic (exact) mass is 272 g/mol. The molecule has 0 radical (unpaired) electrons. The van der Waals surface area contributed by atoms with Crippen LogP contribution < -0.4 is 11.1 Å². The lowest BCUT2D eigenvalue weighted by Gasteiger charge is -2.08. The first-order valence-corrected chi connectivity index (χ1v) is 5.75. The zero-order valence-electron chi connectivity index (χ0n) is 10.7. The highest BCUT2D eigenvalue weighted by Crippen LogP contribution is 2.22. The molecule has 0 aliphatic carbocycles. The molecule has 0 unspecified atom stereocenters. The van der Waals surface area contributed by atoms with Crippen LogP contribution in [0.4, 0.5) is 17.1 Å². The molecule has 7 nitrogen and oxygen atoms in total. The second kappa shape index (κ2) is 5.35. The number of aromatic nitrogens is 1. The number of aryl methyl sites for hydroxylation is 1. The van der Waals surface area contributed by atoms with Crippen molar-refractivity contribution in [3.05, 3.63) is 57.9 Å². The van der Waals surface area contributed by atoms with Crippen LogP contribution >= 0.6 is 0 Å². The molecular weight excluding hydrogens is 260 g/mol. The van der Waals surface area contributed by atoms with Gasteiger partial charge in [0, 0.05) is 17.8 Å². The minimum absolute atomic E-state index is 0.0504. The fourth-order valence-electron chi connectivity index (χ4n) is 1.65. The average Bonchev–Trinajstić information content (AvgIpc) is 2.40. The maximum absolute atomic E-state index is 12.0. The van der Waals surface area contributed by atoms with Crippen LogP contribution in [0.25, 0.3) is 0 Å². The molecule has 7 heteroatoms. The van der Waals surface area contributed by atoms with Crippen LogP contribution in [0, 0.1) is 17.0 Å². The lowest BCUT2D eigenvalue weighted by Crippen LogP contribution is -2.13. The van der Waals surface area contributed by atoms with E-state index >= 15 is 0 Å².